The Hall–Kier alpha value is -1.26. The van der Waals surface area contributed by atoms with Crippen molar-refractivity contribution in [3.05, 3.63) is 0 Å². The molecule has 1 N–H and O–H groups in total. The summed E-state index contributed by atoms with van der Waals surface area (Å²) in [5.74, 6) is -0.323. The van der Waals surface area contributed by atoms with E-state index in [4.69, 9.17) is 0 Å². The molecule has 114 valence electrons. The lowest BCUT2D eigenvalue weighted by atomic mass is 9.90. The Morgan fingerprint density at radius 3 is 2.65 bits per heavy atom. The van der Waals surface area contributed by atoms with Gasteiger partial charge in [-0.3, -0.25) is 0 Å². The molecule has 0 radical (unpaired) electrons. The maximum absolute atomic E-state index is 12.7. The zero-order chi connectivity index (χ0) is 14.8. The fraction of sp³-hybridized carbons (Fsp3) is 0.867. The number of carboxylic acids is 1. The van der Waals surface area contributed by atoms with E-state index in [2.05, 4.69) is 6.92 Å². The van der Waals surface area contributed by atoms with Gasteiger partial charge in [-0.25, -0.2) is 9.59 Å². The monoisotopic (exact) mass is 282 g/mol. The highest BCUT2D eigenvalue weighted by Gasteiger charge is 2.50. The number of amides is 2. The van der Waals surface area contributed by atoms with Gasteiger partial charge in [0, 0.05) is 19.6 Å². The summed E-state index contributed by atoms with van der Waals surface area (Å²) in [6, 6.07) is -0.0649. The predicted molar refractivity (Wildman–Crippen MR) is 76.6 cm³/mol. The van der Waals surface area contributed by atoms with Gasteiger partial charge in [-0.2, -0.15) is 0 Å². The zero-order valence-corrected chi connectivity index (χ0v) is 12.6. The van der Waals surface area contributed by atoms with Crippen LogP contribution in [-0.2, 0) is 4.79 Å². The van der Waals surface area contributed by atoms with E-state index in [0.29, 0.717) is 25.3 Å². The van der Waals surface area contributed by atoms with Crippen LogP contribution < -0.4 is 0 Å². The van der Waals surface area contributed by atoms with E-state index >= 15 is 0 Å². The Balaban J connectivity index is 2.16. The predicted octanol–water partition coefficient (Wildman–Crippen LogP) is 2.56. The summed E-state index contributed by atoms with van der Waals surface area (Å²) in [5.41, 5.74) is -0.966. The van der Waals surface area contributed by atoms with Gasteiger partial charge >= 0.3 is 12.0 Å². The topological polar surface area (TPSA) is 60.9 Å². The summed E-state index contributed by atoms with van der Waals surface area (Å²) in [6.45, 7) is 6.24. The van der Waals surface area contributed by atoms with Crippen molar-refractivity contribution in [1.29, 1.82) is 0 Å². The van der Waals surface area contributed by atoms with Gasteiger partial charge in [0.25, 0.3) is 0 Å². The average molecular weight is 282 g/mol. The largest absolute Gasteiger partial charge is 0.479 e. The number of hydrogen-bond donors (Lipinski definition) is 1. The zero-order valence-electron chi connectivity index (χ0n) is 12.6. The fourth-order valence-corrected chi connectivity index (χ4v) is 3.69. The number of rotatable bonds is 3. The molecule has 2 saturated heterocycles. The first-order valence-corrected chi connectivity index (χ1v) is 7.81. The lowest BCUT2D eigenvalue weighted by Gasteiger charge is -2.40. The summed E-state index contributed by atoms with van der Waals surface area (Å²) in [7, 11) is 0. The van der Waals surface area contributed by atoms with Crippen molar-refractivity contribution in [2.24, 2.45) is 5.92 Å². The lowest BCUT2D eigenvalue weighted by molar-refractivity contribution is -0.149. The van der Waals surface area contributed by atoms with Gasteiger partial charge in [-0.1, -0.05) is 20.3 Å². The number of piperidine rings is 1. The quantitative estimate of drug-likeness (QED) is 0.865. The highest BCUT2D eigenvalue weighted by molar-refractivity contribution is 5.87. The maximum atomic E-state index is 12.7. The Morgan fingerprint density at radius 1 is 1.30 bits per heavy atom. The molecule has 2 rings (SSSR count). The van der Waals surface area contributed by atoms with Gasteiger partial charge in [0.05, 0.1) is 0 Å². The molecule has 20 heavy (non-hydrogen) atoms. The Kier molecular flexibility index (Phi) is 4.55. The van der Waals surface area contributed by atoms with Crippen LogP contribution in [0.2, 0.25) is 0 Å². The van der Waals surface area contributed by atoms with Crippen molar-refractivity contribution in [3.8, 4) is 0 Å². The summed E-state index contributed by atoms with van der Waals surface area (Å²) in [5, 5.41) is 9.65. The van der Waals surface area contributed by atoms with Gasteiger partial charge in [0.1, 0.15) is 5.54 Å². The van der Waals surface area contributed by atoms with E-state index in [1.54, 1.807) is 4.90 Å². The molecule has 2 fully saturated rings. The van der Waals surface area contributed by atoms with Crippen LogP contribution in [0.1, 0.15) is 52.4 Å². The minimum Gasteiger partial charge on any atom is -0.479 e. The van der Waals surface area contributed by atoms with Crippen LogP contribution in [-0.4, -0.2) is 52.1 Å². The van der Waals surface area contributed by atoms with Crippen LogP contribution in [0.4, 0.5) is 4.79 Å². The maximum Gasteiger partial charge on any atom is 0.329 e. The molecular formula is C15H26N2O3. The molecule has 0 aromatic rings. The highest BCUT2D eigenvalue weighted by Crippen LogP contribution is 2.35. The van der Waals surface area contributed by atoms with Crippen LogP contribution in [0.25, 0.3) is 0 Å². The summed E-state index contributed by atoms with van der Waals surface area (Å²) in [4.78, 5) is 28.0. The molecule has 2 atom stereocenters. The molecule has 2 aliphatic heterocycles. The highest BCUT2D eigenvalue weighted by atomic mass is 16.4. The minimum absolute atomic E-state index is 0.0649. The molecule has 0 aromatic heterocycles. The number of carbonyl (C=O) groups excluding carboxylic acids is 1. The number of likely N-dealkylation sites (tertiary alicyclic amines) is 2. The Bertz CT molecular complexity index is 385. The molecule has 0 aliphatic carbocycles. The van der Waals surface area contributed by atoms with Crippen molar-refractivity contribution in [2.75, 3.05) is 19.6 Å². The van der Waals surface area contributed by atoms with Crippen LogP contribution >= 0.6 is 0 Å². The fourth-order valence-electron chi connectivity index (χ4n) is 3.69. The smallest absolute Gasteiger partial charge is 0.329 e. The Labute approximate surface area is 120 Å². The van der Waals surface area contributed by atoms with Crippen molar-refractivity contribution < 1.29 is 14.7 Å². The minimum atomic E-state index is -0.966. The second-order valence-electron chi connectivity index (χ2n) is 6.32. The number of hydrogen-bond acceptors (Lipinski definition) is 2. The number of nitrogens with zero attached hydrogens (tertiary/aromatic N) is 2. The number of carbonyl (C=O) groups is 2. The third-order valence-electron chi connectivity index (χ3n) is 4.71. The van der Waals surface area contributed by atoms with E-state index in [1.165, 1.54) is 0 Å². The van der Waals surface area contributed by atoms with E-state index in [9.17, 15) is 14.7 Å². The molecule has 2 aliphatic rings. The van der Waals surface area contributed by atoms with Gasteiger partial charge in [0.2, 0.25) is 0 Å². The van der Waals surface area contributed by atoms with Crippen molar-refractivity contribution in [2.45, 2.75) is 57.9 Å². The van der Waals surface area contributed by atoms with Crippen molar-refractivity contribution in [3.63, 3.8) is 0 Å². The van der Waals surface area contributed by atoms with Crippen LogP contribution in [0.5, 0.6) is 0 Å². The first-order chi connectivity index (χ1) is 9.51. The second kappa shape index (κ2) is 6.02. The summed E-state index contributed by atoms with van der Waals surface area (Å²) >= 11 is 0. The molecular weight excluding hydrogens is 256 g/mol. The molecule has 5 nitrogen and oxygen atoms in total. The molecule has 2 heterocycles. The second-order valence-corrected chi connectivity index (χ2v) is 6.32. The molecule has 0 saturated carbocycles. The molecule has 0 bridgehead atoms. The third kappa shape index (κ3) is 2.63. The van der Waals surface area contributed by atoms with E-state index in [1.807, 2.05) is 11.8 Å². The molecule has 0 aromatic carbocycles. The van der Waals surface area contributed by atoms with Gasteiger partial charge in [-0.05, 0) is 38.0 Å². The van der Waals surface area contributed by atoms with Crippen LogP contribution in [0, 0.1) is 5.92 Å². The van der Waals surface area contributed by atoms with Gasteiger partial charge in [-0.15, -0.1) is 0 Å². The number of aliphatic carboxylic acids is 1. The first kappa shape index (κ1) is 15.1. The van der Waals surface area contributed by atoms with E-state index < -0.39 is 11.5 Å². The van der Waals surface area contributed by atoms with Gasteiger partial charge < -0.3 is 14.9 Å². The molecule has 5 heteroatoms. The molecule has 2 amide bonds. The molecule has 2 unspecified atom stereocenters. The van der Waals surface area contributed by atoms with Crippen molar-refractivity contribution >= 4 is 12.0 Å². The first-order valence-electron chi connectivity index (χ1n) is 7.81. The number of urea groups is 1. The third-order valence-corrected chi connectivity index (χ3v) is 4.71. The van der Waals surface area contributed by atoms with E-state index in [0.717, 1.165) is 38.8 Å². The normalized spacial score (nSPS) is 30.6. The van der Waals surface area contributed by atoms with Crippen molar-refractivity contribution in [1.82, 2.24) is 9.80 Å². The standard InChI is InChI=1S/C15H26N2O3/c1-3-7-15(13(18)19)8-5-10-17(15)14(20)16-9-4-6-12(2)11-16/h12H,3-11H2,1-2H3,(H,18,19). The number of carboxylic acid groups (broad SMARTS) is 1. The van der Waals surface area contributed by atoms with E-state index in [-0.39, 0.29) is 6.03 Å². The Morgan fingerprint density at radius 2 is 2.05 bits per heavy atom. The SMILES string of the molecule is CCCC1(C(=O)O)CCCN1C(=O)N1CCCC(C)C1. The lowest BCUT2D eigenvalue weighted by Crippen LogP contribution is -2.57. The summed E-state index contributed by atoms with van der Waals surface area (Å²) in [6.07, 6.45) is 4.90. The molecule has 0 spiro atoms. The van der Waals surface area contributed by atoms with Crippen LogP contribution in [0.15, 0.2) is 0 Å². The average Bonchev–Trinajstić information content (AvgIpc) is 2.83. The van der Waals surface area contributed by atoms with Crippen LogP contribution in [0.3, 0.4) is 0 Å². The van der Waals surface area contributed by atoms with Gasteiger partial charge in [0.15, 0.2) is 0 Å². The summed E-state index contributed by atoms with van der Waals surface area (Å²) < 4.78 is 0.